The first-order valence-corrected chi connectivity index (χ1v) is 10.6. The SMILES string of the molecule is O=C(NCC#Cc1ccccc1)c1ccc(Cl)c(NS(=O)(=O)c2ccc(F)cc2)c1. The van der Waals surface area contributed by atoms with Crippen LogP contribution in [0.2, 0.25) is 5.02 Å². The number of carbonyl (C=O) groups is 1. The monoisotopic (exact) mass is 442 g/mol. The van der Waals surface area contributed by atoms with Crippen molar-refractivity contribution >= 4 is 33.2 Å². The number of hydrogen-bond acceptors (Lipinski definition) is 3. The molecule has 0 unspecified atom stereocenters. The molecule has 2 N–H and O–H groups in total. The third kappa shape index (κ3) is 5.60. The Morgan fingerprint density at radius 3 is 2.40 bits per heavy atom. The summed E-state index contributed by atoms with van der Waals surface area (Å²) in [5, 5.41) is 2.75. The fourth-order valence-electron chi connectivity index (χ4n) is 2.46. The Labute approximate surface area is 178 Å². The molecule has 5 nitrogen and oxygen atoms in total. The van der Waals surface area contributed by atoms with E-state index >= 15 is 0 Å². The molecule has 0 radical (unpaired) electrons. The highest BCUT2D eigenvalue weighted by Gasteiger charge is 2.17. The van der Waals surface area contributed by atoms with Gasteiger partial charge in [0, 0.05) is 11.1 Å². The van der Waals surface area contributed by atoms with E-state index in [9.17, 15) is 17.6 Å². The first-order valence-electron chi connectivity index (χ1n) is 8.75. The molecular formula is C22H16ClFN2O3S. The predicted molar refractivity (Wildman–Crippen MR) is 114 cm³/mol. The fourth-order valence-corrected chi connectivity index (χ4v) is 3.75. The zero-order valence-electron chi connectivity index (χ0n) is 15.5. The molecule has 30 heavy (non-hydrogen) atoms. The number of sulfonamides is 1. The molecular weight excluding hydrogens is 427 g/mol. The van der Waals surface area contributed by atoms with Gasteiger partial charge < -0.3 is 5.32 Å². The molecule has 3 rings (SSSR count). The van der Waals surface area contributed by atoms with Crippen molar-refractivity contribution in [2.45, 2.75) is 4.90 Å². The molecule has 0 aromatic heterocycles. The number of anilines is 1. The number of hydrogen-bond donors (Lipinski definition) is 2. The second-order valence-corrected chi connectivity index (χ2v) is 8.19. The molecule has 8 heteroatoms. The summed E-state index contributed by atoms with van der Waals surface area (Å²) in [4.78, 5) is 12.2. The van der Waals surface area contributed by atoms with Crippen LogP contribution in [-0.2, 0) is 10.0 Å². The number of nitrogens with one attached hydrogen (secondary N) is 2. The van der Waals surface area contributed by atoms with Crippen molar-refractivity contribution < 1.29 is 17.6 Å². The van der Waals surface area contributed by atoms with Crippen LogP contribution in [-0.4, -0.2) is 20.9 Å². The molecule has 0 aliphatic carbocycles. The molecule has 0 saturated carbocycles. The van der Waals surface area contributed by atoms with E-state index in [1.165, 1.54) is 18.2 Å². The number of benzene rings is 3. The molecule has 0 bridgehead atoms. The van der Waals surface area contributed by atoms with Crippen LogP contribution in [0.1, 0.15) is 15.9 Å². The zero-order chi connectivity index (χ0) is 21.6. The van der Waals surface area contributed by atoms with Gasteiger partial charge in [-0.05, 0) is 54.6 Å². The van der Waals surface area contributed by atoms with Crippen LogP contribution in [0.25, 0.3) is 0 Å². The summed E-state index contributed by atoms with van der Waals surface area (Å²) in [6.45, 7) is 0.118. The number of halogens is 2. The first kappa shape index (κ1) is 21.4. The molecule has 3 aromatic rings. The van der Waals surface area contributed by atoms with E-state index in [0.717, 1.165) is 29.8 Å². The second kappa shape index (κ2) is 9.44. The number of amides is 1. The van der Waals surface area contributed by atoms with Crippen LogP contribution in [0.5, 0.6) is 0 Å². The van der Waals surface area contributed by atoms with Gasteiger partial charge in [0.05, 0.1) is 22.2 Å². The first-order chi connectivity index (χ1) is 14.3. The van der Waals surface area contributed by atoms with Crippen molar-refractivity contribution in [3.8, 4) is 11.8 Å². The predicted octanol–water partition coefficient (Wildman–Crippen LogP) is 4.06. The summed E-state index contributed by atoms with van der Waals surface area (Å²) >= 11 is 6.07. The second-order valence-electron chi connectivity index (χ2n) is 6.10. The third-order valence-corrected chi connectivity index (χ3v) is 5.65. The Morgan fingerprint density at radius 2 is 1.70 bits per heavy atom. The summed E-state index contributed by atoms with van der Waals surface area (Å²) in [5.74, 6) is 4.77. The lowest BCUT2D eigenvalue weighted by atomic mass is 10.2. The molecule has 0 atom stereocenters. The molecule has 0 saturated heterocycles. The number of carbonyl (C=O) groups excluding carboxylic acids is 1. The quantitative estimate of drug-likeness (QED) is 0.585. The van der Waals surface area contributed by atoms with Crippen molar-refractivity contribution in [1.29, 1.82) is 0 Å². The van der Waals surface area contributed by atoms with Gasteiger partial charge in [0.15, 0.2) is 0 Å². The van der Waals surface area contributed by atoms with E-state index < -0.39 is 21.7 Å². The van der Waals surface area contributed by atoms with Crippen LogP contribution in [0, 0.1) is 17.7 Å². The molecule has 1 amide bonds. The van der Waals surface area contributed by atoms with Gasteiger partial charge in [-0.3, -0.25) is 9.52 Å². The van der Waals surface area contributed by atoms with Gasteiger partial charge in [0.1, 0.15) is 5.82 Å². The van der Waals surface area contributed by atoms with E-state index in [1.807, 2.05) is 30.3 Å². The van der Waals surface area contributed by atoms with E-state index in [4.69, 9.17) is 11.6 Å². The average Bonchev–Trinajstić information content (AvgIpc) is 2.73. The highest BCUT2D eigenvalue weighted by Crippen LogP contribution is 2.26. The summed E-state index contributed by atoms with van der Waals surface area (Å²) < 4.78 is 40.3. The molecule has 0 heterocycles. The minimum absolute atomic E-state index is 0.0315. The highest BCUT2D eigenvalue weighted by molar-refractivity contribution is 7.92. The fraction of sp³-hybridized carbons (Fsp3) is 0.0455. The molecule has 152 valence electrons. The highest BCUT2D eigenvalue weighted by atomic mass is 35.5. The van der Waals surface area contributed by atoms with Crippen molar-refractivity contribution in [2.24, 2.45) is 0 Å². The Hall–Kier alpha value is -3.34. The minimum atomic E-state index is -4.00. The third-order valence-electron chi connectivity index (χ3n) is 3.94. The van der Waals surface area contributed by atoms with Gasteiger partial charge in [-0.15, -0.1) is 0 Å². The molecule has 0 aliphatic heterocycles. The Kier molecular flexibility index (Phi) is 6.72. The van der Waals surface area contributed by atoms with Crippen LogP contribution < -0.4 is 10.0 Å². The van der Waals surface area contributed by atoms with Gasteiger partial charge in [-0.2, -0.15) is 0 Å². The van der Waals surface area contributed by atoms with Gasteiger partial charge in [0.25, 0.3) is 15.9 Å². The van der Waals surface area contributed by atoms with Crippen molar-refractivity contribution in [3.63, 3.8) is 0 Å². The lowest BCUT2D eigenvalue weighted by Gasteiger charge is -2.11. The minimum Gasteiger partial charge on any atom is -0.341 e. The lowest BCUT2D eigenvalue weighted by molar-refractivity contribution is 0.0958. The largest absolute Gasteiger partial charge is 0.341 e. The standard InChI is InChI=1S/C22H16ClFN2O3S/c23-20-13-8-17(22(27)25-14-4-7-16-5-2-1-3-6-16)15-21(20)26-30(28,29)19-11-9-18(24)10-12-19/h1-3,5-6,8-13,15,26H,14H2,(H,25,27). The zero-order valence-corrected chi connectivity index (χ0v) is 17.1. The normalized spacial score (nSPS) is 10.6. The maximum atomic E-state index is 13.0. The lowest BCUT2D eigenvalue weighted by Crippen LogP contribution is -2.24. The summed E-state index contributed by atoms with van der Waals surface area (Å²) in [6.07, 6.45) is 0. The van der Waals surface area contributed by atoms with Crippen LogP contribution in [0.4, 0.5) is 10.1 Å². The Morgan fingerprint density at radius 1 is 1.00 bits per heavy atom. The van der Waals surface area contributed by atoms with Gasteiger partial charge in [-0.25, -0.2) is 12.8 Å². The summed E-state index contributed by atoms with van der Waals surface area (Å²) in [6, 6.07) is 17.9. The summed E-state index contributed by atoms with van der Waals surface area (Å²) in [7, 11) is -4.00. The van der Waals surface area contributed by atoms with E-state index in [0.29, 0.717) is 0 Å². The van der Waals surface area contributed by atoms with Crippen LogP contribution in [0.15, 0.2) is 77.7 Å². The Bertz CT molecular complexity index is 1220. The molecule has 3 aromatic carbocycles. The van der Waals surface area contributed by atoms with Gasteiger partial charge >= 0.3 is 0 Å². The molecule has 0 spiro atoms. The van der Waals surface area contributed by atoms with Crippen LogP contribution in [0.3, 0.4) is 0 Å². The van der Waals surface area contributed by atoms with Crippen LogP contribution >= 0.6 is 11.6 Å². The molecule has 0 aliphatic rings. The van der Waals surface area contributed by atoms with Gasteiger partial charge in [0.2, 0.25) is 0 Å². The maximum Gasteiger partial charge on any atom is 0.261 e. The Balaban J connectivity index is 1.70. The average molecular weight is 443 g/mol. The molecule has 0 fully saturated rings. The van der Waals surface area contributed by atoms with Crippen molar-refractivity contribution in [1.82, 2.24) is 5.32 Å². The maximum absolute atomic E-state index is 13.0. The van der Waals surface area contributed by atoms with E-state index in [2.05, 4.69) is 21.9 Å². The smallest absolute Gasteiger partial charge is 0.261 e. The van der Waals surface area contributed by atoms with E-state index in [-0.39, 0.29) is 27.7 Å². The van der Waals surface area contributed by atoms with Gasteiger partial charge in [-0.1, -0.05) is 41.6 Å². The van der Waals surface area contributed by atoms with E-state index in [1.54, 1.807) is 0 Å². The van der Waals surface area contributed by atoms with Crippen molar-refractivity contribution in [3.05, 3.63) is 94.8 Å². The number of rotatable bonds is 5. The topological polar surface area (TPSA) is 75.3 Å². The summed E-state index contributed by atoms with van der Waals surface area (Å²) in [5.41, 5.74) is 1.07. The van der Waals surface area contributed by atoms with Crippen molar-refractivity contribution in [2.75, 3.05) is 11.3 Å².